The molecule has 0 saturated carbocycles. The monoisotopic (exact) mass is 347 g/mol. The minimum atomic E-state index is 0.0534. The van der Waals surface area contributed by atoms with Crippen molar-refractivity contribution in [3.05, 3.63) is 34.8 Å². The van der Waals surface area contributed by atoms with E-state index in [1.165, 1.54) is 0 Å². The Bertz CT molecular complexity index is 683. The first-order chi connectivity index (χ1) is 11.5. The van der Waals surface area contributed by atoms with Crippen LogP contribution < -0.4 is 10.1 Å². The fraction of sp³-hybridized carbons (Fsp3) is 0.444. The highest BCUT2D eigenvalue weighted by molar-refractivity contribution is 7.15. The average Bonchev–Trinajstić information content (AvgIpc) is 2.92. The van der Waals surface area contributed by atoms with Crippen LogP contribution in [0.2, 0.25) is 0 Å². The molecule has 5 nitrogen and oxygen atoms in total. The van der Waals surface area contributed by atoms with Crippen LogP contribution in [0.15, 0.2) is 24.3 Å². The lowest BCUT2D eigenvalue weighted by Gasteiger charge is -2.09. The number of nitrogens with zero attached hydrogens (tertiary/aromatic N) is 2. The first kappa shape index (κ1) is 18.4. The second kappa shape index (κ2) is 8.80. The lowest BCUT2D eigenvalue weighted by atomic mass is 10.2. The maximum atomic E-state index is 12.1. The molecule has 0 saturated heterocycles. The van der Waals surface area contributed by atoms with Gasteiger partial charge < -0.3 is 15.0 Å². The Morgan fingerprint density at radius 1 is 1.38 bits per heavy atom. The van der Waals surface area contributed by atoms with Crippen LogP contribution >= 0.6 is 11.3 Å². The van der Waals surface area contributed by atoms with E-state index in [2.05, 4.69) is 15.2 Å². The zero-order valence-corrected chi connectivity index (χ0v) is 15.6. The molecule has 6 heteroatoms. The van der Waals surface area contributed by atoms with E-state index < -0.39 is 0 Å². The molecule has 0 aliphatic rings. The molecular weight excluding hydrogens is 322 g/mol. The zero-order valence-electron chi connectivity index (χ0n) is 14.8. The number of methoxy groups -OCH3 is 1. The number of hydrogen-bond acceptors (Lipinski definition) is 5. The predicted octanol–water partition coefficient (Wildman–Crippen LogP) is 2.74. The number of thiazole rings is 1. The third-order valence-corrected chi connectivity index (χ3v) is 4.84. The van der Waals surface area contributed by atoms with Crippen LogP contribution in [0.1, 0.15) is 17.0 Å². The van der Waals surface area contributed by atoms with E-state index in [1.54, 1.807) is 18.4 Å². The highest BCUT2D eigenvalue weighted by Crippen LogP contribution is 2.30. The number of carbonyl (C=O) groups excluding carboxylic acids is 1. The van der Waals surface area contributed by atoms with E-state index in [9.17, 15) is 4.79 Å². The van der Waals surface area contributed by atoms with Crippen molar-refractivity contribution >= 4 is 17.2 Å². The summed E-state index contributed by atoms with van der Waals surface area (Å²) in [5.74, 6) is 0.859. The quantitative estimate of drug-likeness (QED) is 0.746. The second-order valence-corrected chi connectivity index (χ2v) is 7.03. The third-order valence-electron chi connectivity index (χ3n) is 3.63. The van der Waals surface area contributed by atoms with E-state index in [0.717, 1.165) is 39.9 Å². The molecule has 24 heavy (non-hydrogen) atoms. The molecule has 0 bridgehead atoms. The number of rotatable bonds is 8. The Morgan fingerprint density at radius 2 is 2.17 bits per heavy atom. The van der Waals surface area contributed by atoms with Gasteiger partial charge in [-0.25, -0.2) is 4.98 Å². The molecule has 2 aromatic rings. The first-order valence-electron chi connectivity index (χ1n) is 8.01. The lowest BCUT2D eigenvalue weighted by Crippen LogP contribution is -2.28. The van der Waals surface area contributed by atoms with Crippen molar-refractivity contribution in [1.29, 1.82) is 0 Å². The maximum Gasteiger partial charge on any atom is 0.225 e. The van der Waals surface area contributed by atoms with Crippen molar-refractivity contribution < 1.29 is 9.53 Å². The highest BCUT2D eigenvalue weighted by atomic mass is 32.1. The summed E-state index contributed by atoms with van der Waals surface area (Å²) in [5, 5.41) is 3.89. The summed E-state index contributed by atoms with van der Waals surface area (Å²) in [5.41, 5.74) is 1.93. The molecule has 0 unspecified atom stereocenters. The van der Waals surface area contributed by atoms with Crippen LogP contribution in [0.25, 0.3) is 10.6 Å². The van der Waals surface area contributed by atoms with Gasteiger partial charge >= 0.3 is 0 Å². The van der Waals surface area contributed by atoms with Crippen molar-refractivity contribution in [3.63, 3.8) is 0 Å². The molecule has 0 aliphatic carbocycles. The largest absolute Gasteiger partial charge is 0.497 e. The van der Waals surface area contributed by atoms with Crippen LogP contribution in [0.3, 0.4) is 0 Å². The summed E-state index contributed by atoms with van der Waals surface area (Å²) in [6.45, 7) is 3.63. The minimum absolute atomic E-state index is 0.0534. The number of aryl methyl sites for hydroxylation is 1. The Morgan fingerprint density at radius 3 is 2.88 bits per heavy atom. The highest BCUT2D eigenvalue weighted by Gasteiger charge is 2.13. The summed E-state index contributed by atoms with van der Waals surface area (Å²) >= 11 is 1.57. The summed E-state index contributed by atoms with van der Waals surface area (Å²) in [7, 11) is 5.71. The van der Waals surface area contributed by atoms with Gasteiger partial charge in [-0.2, -0.15) is 0 Å². The van der Waals surface area contributed by atoms with Crippen molar-refractivity contribution in [2.45, 2.75) is 19.8 Å². The normalized spacial score (nSPS) is 10.9. The fourth-order valence-corrected chi connectivity index (χ4v) is 3.36. The molecule has 2 rings (SSSR count). The van der Waals surface area contributed by atoms with Gasteiger partial charge in [-0.15, -0.1) is 11.3 Å². The topological polar surface area (TPSA) is 54.5 Å². The van der Waals surface area contributed by atoms with Gasteiger partial charge in [0, 0.05) is 17.0 Å². The lowest BCUT2D eigenvalue weighted by molar-refractivity contribution is -0.120. The Hall–Kier alpha value is -1.92. The molecule has 1 N–H and O–H groups in total. The van der Waals surface area contributed by atoms with Gasteiger partial charge in [0.05, 0.1) is 19.2 Å². The summed E-state index contributed by atoms with van der Waals surface area (Å²) in [6, 6.07) is 7.82. The number of hydrogen-bond donors (Lipinski definition) is 1. The summed E-state index contributed by atoms with van der Waals surface area (Å²) in [6.07, 6.45) is 1.34. The number of amides is 1. The standard InChI is InChI=1S/C18H25N3O2S/c1-13-16(12-17(22)19-9-6-10-21(2)3)24-18(20-13)14-7-5-8-15(11-14)23-4/h5,7-8,11H,6,9-10,12H2,1-4H3,(H,19,22). The number of benzene rings is 1. The van der Waals surface area contributed by atoms with E-state index in [-0.39, 0.29) is 5.91 Å². The van der Waals surface area contributed by atoms with Gasteiger partial charge in [0.1, 0.15) is 10.8 Å². The van der Waals surface area contributed by atoms with Gasteiger partial charge in [0.15, 0.2) is 0 Å². The predicted molar refractivity (Wildman–Crippen MR) is 98.7 cm³/mol. The van der Waals surface area contributed by atoms with E-state index >= 15 is 0 Å². The van der Waals surface area contributed by atoms with E-state index in [1.807, 2.05) is 45.3 Å². The molecule has 0 radical (unpaired) electrons. The molecule has 1 heterocycles. The molecule has 130 valence electrons. The van der Waals surface area contributed by atoms with Gasteiger partial charge in [0.2, 0.25) is 5.91 Å². The van der Waals surface area contributed by atoms with Crippen molar-refractivity contribution in [1.82, 2.24) is 15.2 Å². The van der Waals surface area contributed by atoms with Crippen LogP contribution in [0.4, 0.5) is 0 Å². The Kier molecular flexibility index (Phi) is 6.75. The van der Waals surface area contributed by atoms with Gasteiger partial charge in [-0.3, -0.25) is 4.79 Å². The number of ether oxygens (including phenoxy) is 1. The smallest absolute Gasteiger partial charge is 0.225 e. The van der Waals surface area contributed by atoms with Crippen molar-refractivity contribution in [3.8, 4) is 16.3 Å². The van der Waals surface area contributed by atoms with E-state index in [4.69, 9.17) is 4.74 Å². The molecule has 0 spiro atoms. The summed E-state index contributed by atoms with van der Waals surface area (Å²) in [4.78, 5) is 19.8. The first-order valence-corrected chi connectivity index (χ1v) is 8.83. The SMILES string of the molecule is COc1cccc(-c2nc(C)c(CC(=O)NCCCN(C)C)s2)c1. The van der Waals surface area contributed by atoms with Crippen molar-refractivity contribution in [2.24, 2.45) is 0 Å². The number of carbonyl (C=O) groups is 1. The molecule has 1 aromatic carbocycles. The number of nitrogens with one attached hydrogen (secondary N) is 1. The Labute approximate surface area is 147 Å². The Balaban J connectivity index is 1.97. The average molecular weight is 347 g/mol. The number of aromatic nitrogens is 1. The van der Waals surface area contributed by atoms with E-state index in [0.29, 0.717) is 13.0 Å². The molecule has 1 amide bonds. The molecule has 1 aromatic heterocycles. The van der Waals surface area contributed by atoms with Crippen LogP contribution in [-0.4, -0.2) is 50.1 Å². The van der Waals surface area contributed by atoms with Gasteiger partial charge in [0.25, 0.3) is 0 Å². The van der Waals surface area contributed by atoms with Crippen LogP contribution in [-0.2, 0) is 11.2 Å². The molecule has 0 fully saturated rings. The van der Waals surface area contributed by atoms with Crippen LogP contribution in [0.5, 0.6) is 5.75 Å². The maximum absolute atomic E-state index is 12.1. The molecular formula is C18H25N3O2S. The molecule has 0 aliphatic heterocycles. The third kappa shape index (κ3) is 5.32. The minimum Gasteiger partial charge on any atom is -0.497 e. The zero-order chi connectivity index (χ0) is 17.5. The summed E-state index contributed by atoms with van der Waals surface area (Å²) < 4.78 is 5.26. The van der Waals surface area contributed by atoms with Gasteiger partial charge in [-0.1, -0.05) is 12.1 Å². The van der Waals surface area contributed by atoms with Gasteiger partial charge in [-0.05, 0) is 46.1 Å². The van der Waals surface area contributed by atoms with Crippen LogP contribution in [0, 0.1) is 6.92 Å². The fourth-order valence-electron chi connectivity index (χ4n) is 2.30. The second-order valence-electron chi connectivity index (χ2n) is 5.94. The molecule has 0 atom stereocenters. The van der Waals surface area contributed by atoms with Crippen molar-refractivity contribution in [2.75, 3.05) is 34.3 Å².